The molecule has 0 unspecified atom stereocenters. The largest absolute Gasteiger partial charge is 0.298 e. The molecular weight excluding hydrogens is 258 g/mol. The first-order valence-corrected chi connectivity index (χ1v) is 7.69. The fraction of sp³-hybridized carbons (Fsp3) is 0.667. The number of pyridine rings is 1. The number of aromatic nitrogens is 1. The molecule has 3 nitrogen and oxygen atoms in total. The summed E-state index contributed by atoms with van der Waals surface area (Å²) in [5.41, 5.74) is 1.26. The van der Waals surface area contributed by atoms with Crippen LogP contribution in [0.1, 0.15) is 31.7 Å². The predicted molar refractivity (Wildman–Crippen MR) is 78.3 cm³/mol. The van der Waals surface area contributed by atoms with Gasteiger partial charge in [-0.1, -0.05) is 24.1 Å². The average Bonchev–Trinajstić information content (AvgIpc) is 2.42. The molecule has 0 aliphatic carbocycles. The van der Waals surface area contributed by atoms with Gasteiger partial charge >= 0.3 is 0 Å². The molecule has 0 spiro atoms. The monoisotopic (exact) mass is 279 g/mol. The summed E-state index contributed by atoms with van der Waals surface area (Å²) in [5, 5.41) is 0.578. The number of halogens is 1. The highest BCUT2D eigenvalue weighted by molar-refractivity contribution is 6.29. The van der Waals surface area contributed by atoms with Crippen molar-refractivity contribution in [3.63, 3.8) is 0 Å². The van der Waals surface area contributed by atoms with Crippen LogP contribution in [0.2, 0.25) is 5.15 Å². The number of rotatable bonds is 2. The lowest BCUT2D eigenvalue weighted by molar-refractivity contribution is 0.0110. The van der Waals surface area contributed by atoms with Gasteiger partial charge in [0, 0.05) is 37.9 Å². The number of piperidine rings is 1. The Kier molecular flexibility index (Phi) is 4.06. The van der Waals surface area contributed by atoms with E-state index < -0.39 is 0 Å². The summed E-state index contributed by atoms with van der Waals surface area (Å²) < 4.78 is 0. The van der Waals surface area contributed by atoms with Gasteiger partial charge in [0.1, 0.15) is 5.15 Å². The van der Waals surface area contributed by atoms with Gasteiger partial charge in [-0.2, -0.15) is 0 Å². The highest BCUT2D eigenvalue weighted by Crippen LogP contribution is 2.25. The Morgan fingerprint density at radius 1 is 1.32 bits per heavy atom. The molecule has 2 aliphatic heterocycles. The molecule has 1 aromatic heterocycles. The zero-order chi connectivity index (χ0) is 13.2. The van der Waals surface area contributed by atoms with Crippen molar-refractivity contribution in [2.24, 2.45) is 0 Å². The molecule has 4 heteroatoms. The lowest BCUT2D eigenvalue weighted by Gasteiger charge is -2.47. The van der Waals surface area contributed by atoms with Crippen molar-refractivity contribution >= 4 is 11.6 Å². The molecule has 0 amide bonds. The minimum atomic E-state index is 0.578. The highest BCUT2D eigenvalue weighted by atomic mass is 35.5. The van der Waals surface area contributed by atoms with Crippen molar-refractivity contribution in [2.45, 2.75) is 44.8 Å². The molecule has 0 saturated carbocycles. The fourth-order valence-electron chi connectivity index (χ4n) is 3.37. The van der Waals surface area contributed by atoms with Gasteiger partial charge in [-0.3, -0.25) is 9.80 Å². The third kappa shape index (κ3) is 3.10. The minimum Gasteiger partial charge on any atom is -0.298 e. The SMILES string of the molecule is C[C@H]1CN2CCCC[C@@H]2CN1Cc1ccc(Cl)nc1. The van der Waals surface area contributed by atoms with E-state index in [4.69, 9.17) is 11.6 Å². The summed E-state index contributed by atoms with van der Waals surface area (Å²) in [4.78, 5) is 9.46. The number of hydrogen-bond donors (Lipinski definition) is 0. The number of fused-ring (bicyclic) bond motifs is 1. The number of nitrogens with zero attached hydrogens (tertiary/aromatic N) is 3. The molecule has 19 heavy (non-hydrogen) atoms. The van der Waals surface area contributed by atoms with E-state index in [1.165, 1.54) is 44.5 Å². The fourth-order valence-corrected chi connectivity index (χ4v) is 3.48. The zero-order valence-electron chi connectivity index (χ0n) is 11.6. The third-order valence-electron chi connectivity index (χ3n) is 4.49. The molecule has 2 fully saturated rings. The second kappa shape index (κ2) is 5.78. The molecule has 0 bridgehead atoms. The van der Waals surface area contributed by atoms with Gasteiger partial charge in [-0.15, -0.1) is 0 Å². The van der Waals surface area contributed by atoms with Crippen molar-refractivity contribution in [3.05, 3.63) is 29.0 Å². The summed E-state index contributed by atoms with van der Waals surface area (Å²) >= 11 is 5.84. The maximum Gasteiger partial charge on any atom is 0.129 e. The van der Waals surface area contributed by atoms with Crippen LogP contribution in [-0.4, -0.2) is 46.5 Å². The smallest absolute Gasteiger partial charge is 0.129 e. The molecule has 3 rings (SSSR count). The Morgan fingerprint density at radius 2 is 2.21 bits per heavy atom. The molecule has 0 radical (unpaired) electrons. The summed E-state index contributed by atoms with van der Waals surface area (Å²) in [5.74, 6) is 0. The maximum atomic E-state index is 5.84. The predicted octanol–water partition coefficient (Wildman–Crippen LogP) is 2.79. The quantitative estimate of drug-likeness (QED) is 0.776. The van der Waals surface area contributed by atoms with E-state index >= 15 is 0 Å². The minimum absolute atomic E-state index is 0.578. The van der Waals surface area contributed by atoms with E-state index in [9.17, 15) is 0 Å². The molecular formula is C15H22ClN3. The third-order valence-corrected chi connectivity index (χ3v) is 4.71. The molecule has 2 saturated heterocycles. The molecule has 104 valence electrons. The number of hydrogen-bond acceptors (Lipinski definition) is 3. The van der Waals surface area contributed by atoms with Crippen molar-refractivity contribution in [1.29, 1.82) is 0 Å². The van der Waals surface area contributed by atoms with Gasteiger partial charge < -0.3 is 0 Å². The van der Waals surface area contributed by atoms with E-state index in [0.29, 0.717) is 11.2 Å². The van der Waals surface area contributed by atoms with Crippen LogP contribution in [0.4, 0.5) is 0 Å². The van der Waals surface area contributed by atoms with Gasteiger partial charge in [-0.05, 0) is 37.9 Å². The van der Waals surface area contributed by atoms with Crippen LogP contribution in [0.3, 0.4) is 0 Å². The standard InChI is InChI=1S/C15H22ClN3/c1-12-9-18-7-3-2-4-14(18)11-19(12)10-13-5-6-15(16)17-8-13/h5-6,8,12,14H,2-4,7,9-11H2,1H3/t12-,14+/m0/s1. The second-order valence-electron chi connectivity index (χ2n) is 5.91. The van der Waals surface area contributed by atoms with Crippen molar-refractivity contribution in [1.82, 2.24) is 14.8 Å². The van der Waals surface area contributed by atoms with Crippen LogP contribution in [-0.2, 0) is 6.54 Å². The van der Waals surface area contributed by atoms with E-state index in [0.717, 1.165) is 12.6 Å². The summed E-state index contributed by atoms with van der Waals surface area (Å²) in [6, 6.07) is 5.38. The number of piperazine rings is 1. The van der Waals surface area contributed by atoms with Crippen LogP contribution >= 0.6 is 11.6 Å². The Balaban J connectivity index is 1.65. The van der Waals surface area contributed by atoms with Gasteiger partial charge in [0.15, 0.2) is 0 Å². The second-order valence-corrected chi connectivity index (χ2v) is 6.30. The topological polar surface area (TPSA) is 19.4 Å². The van der Waals surface area contributed by atoms with Gasteiger partial charge in [-0.25, -0.2) is 4.98 Å². The van der Waals surface area contributed by atoms with E-state index in [1.807, 2.05) is 12.3 Å². The Labute approximate surface area is 120 Å². The normalized spacial score (nSPS) is 29.2. The molecule has 0 N–H and O–H groups in total. The molecule has 0 aromatic carbocycles. The van der Waals surface area contributed by atoms with E-state index in [1.54, 1.807) is 0 Å². The van der Waals surface area contributed by atoms with Crippen LogP contribution < -0.4 is 0 Å². The molecule has 2 aliphatic rings. The van der Waals surface area contributed by atoms with Crippen molar-refractivity contribution in [2.75, 3.05) is 19.6 Å². The van der Waals surface area contributed by atoms with Crippen LogP contribution in [0.15, 0.2) is 18.3 Å². The van der Waals surface area contributed by atoms with Crippen LogP contribution in [0.25, 0.3) is 0 Å². The summed E-state index contributed by atoms with van der Waals surface area (Å²) in [6.07, 6.45) is 6.04. The Hall–Kier alpha value is -0.640. The first kappa shape index (κ1) is 13.3. The first-order valence-electron chi connectivity index (χ1n) is 7.31. The van der Waals surface area contributed by atoms with E-state index in [-0.39, 0.29) is 0 Å². The van der Waals surface area contributed by atoms with Crippen molar-refractivity contribution < 1.29 is 0 Å². The van der Waals surface area contributed by atoms with Crippen molar-refractivity contribution in [3.8, 4) is 0 Å². The van der Waals surface area contributed by atoms with E-state index in [2.05, 4.69) is 27.8 Å². The summed E-state index contributed by atoms with van der Waals surface area (Å²) in [7, 11) is 0. The van der Waals surface area contributed by atoms with Crippen LogP contribution in [0.5, 0.6) is 0 Å². The van der Waals surface area contributed by atoms with Gasteiger partial charge in [0.25, 0.3) is 0 Å². The summed E-state index contributed by atoms with van der Waals surface area (Å²) in [6.45, 7) is 7.05. The first-order chi connectivity index (χ1) is 9.22. The molecule has 3 heterocycles. The van der Waals surface area contributed by atoms with Crippen LogP contribution in [0, 0.1) is 0 Å². The Bertz CT molecular complexity index is 420. The maximum absolute atomic E-state index is 5.84. The lowest BCUT2D eigenvalue weighted by Crippen LogP contribution is -2.58. The Morgan fingerprint density at radius 3 is 3.00 bits per heavy atom. The van der Waals surface area contributed by atoms with Gasteiger partial charge in [0.2, 0.25) is 0 Å². The van der Waals surface area contributed by atoms with Gasteiger partial charge in [0.05, 0.1) is 0 Å². The average molecular weight is 280 g/mol. The zero-order valence-corrected chi connectivity index (χ0v) is 12.3. The highest BCUT2D eigenvalue weighted by Gasteiger charge is 2.32. The lowest BCUT2D eigenvalue weighted by atomic mass is 9.97. The molecule has 1 aromatic rings. The molecule has 2 atom stereocenters.